The fourth-order valence-corrected chi connectivity index (χ4v) is 2.51. The van der Waals surface area contributed by atoms with Crippen LogP contribution in [0, 0.1) is 6.92 Å². The smallest absolute Gasteiger partial charge is 0.337 e. The SMILES string of the molecule is COC(=O)c1ccc(C)c(NC(=O)/C=C/Sc2ccccc2)c1. The molecule has 4 nitrogen and oxygen atoms in total. The Hall–Kier alpha value is -2.53. The molecule has 2 rings (SSSR count). The number of hydrogen-bond donors (Lipinski definition) is 1. The van der Waals surface area contributed by atoms with E-state index in [1.54, 1.807) is 23.6 Å². The van der Waals surface area contributed by atoms with Crippen molar-refractivity contribution in [1.29, 1.82) is 0 Å². The topological polar surface area (TPSA) is 55.4 Å². The zero-order valence-corrected chi connectivity index (χ0v) is 13.7. The third-order valence-electron chi connectivity index (χ3n) is 3.08. The molecule has 2 aromatic rings. The van der Waals surface area contributed by atoms with Crippen molar-refractivity contribution in [3.8, 4) is 0 Å². The van der Waals surface area contributed by atoms with E-state index in [0.717, 1.165) is 10.5 Å². The van der Waals surface area contributed by atoms with Crippen LogP contribution in [-0.4, -0.2) is 19.0 Å². The van der Waals surface area contributed by atoms with Gasteiger partial charge in [0, 0.05) is 16.7 Å². The van der Waals surface area contributed by atoms with E-state index in [4.69, 9.17) is 0 Å². The predicted octanol–water partition coefficient (Wildman–Crippen LogP) is 4.03. The molecule has 23 heavy (non-hydrogen) atoms. The number of ether oxygens (including phenoxy) is 1. The molecule has 0 spiro atoms. The van der Waals surface area contributed by atoms with Crippen molar-refractivity contribution in [2.24, 2.45) is 0 Å². The first kappa shape index (κ1) is 16.8. The van der Waals surface area contributed by atoms with Crippen molar-refractivity contribution >= 4 is 29.3 Å². The number of esters is 1. The van der Waals surface area contributed by atoms with Crippen LogP contribution in [0.15, 0.2) is 64.9 Å². The molecule has 118 valence electrons. The molecule has 0 aliphatic rings. The van der Waals surface area contributed by atoms with E-state index in [1.165, 1.54) is 24.9 Å². The minimum absolute atomic E-state index is 0.251. The maximum Gasteiger partial charge on any atom is 0.337 e. The first-order valence-electron chi connectivity index (χ1n) is 6.98. The third kappa shape index (κ3) is 5.00. The van der Waals surface area contributed by atoms with Gasteiger partial charge in [-0.25, -0.2) is 4.79 Å². The summed E-state index contributed by atoms with van der Waals surface area (Å²) in [5, 5.41) is 4.50. The summed E-state index contributed by atoms with van der Waals surface area (Å²) >= 11 is 1.46. The predicted molar refractivity (Wildman–Crippen MR) is 92.6 cm³/mol. The lowest BCUT2D eigenvalue weighted by Crippen LogP contribution is -2.10. The standard InChI is InChI=1S/C18H17NO3S/c1-13-8-9-14(18(21)22-2)12-16(13)19-17(20)10-11-23-15-6-4-3-5-7-15/h3-12H,1-2H3,(H,19,20)/b11-10+. The molecular weight excluding hydrogens is 310 g/mol. The molecule has 0 aliphatic heterocycles. The number of nitrogens with one attached hydrogen (secondary N) is 1. The van der Waals surface area contributed by atoms with E-state index in [0.29, 0.717) is 11.3 Å². The number of carbonyl (C=O) groups excluding carboxylic acids is 2. The molecule has 0 bridgehead atoms. The van der Waals surface area contributed by atoms with E-state index in [9.17, 15) is 9.59 Å². The molecule has 0 aromatic heterocycles. The second-order valence-corrected chi connectivity index (χ2v) is 5.72. The highest BCUT2D eigenvalue weighted by Crippen LogP contribution is 2.19. The average Bonchev–Trinajstić information content (AvgIpc) is 2.57. The summed E-state index contributed by atoms with van der Waals surface area (Å²) in [6.07, 6.45) is 1.46. The second kappa shape index (κ2) is 8.19. The zero-order chi connectivity index (χ0) is 16.7. The lowest BCUT2D eigenvalue weighted by Gasteiger charge is -2.08. The minimum atomic E-state index is -0.435. The Balaban J connectivity index is 2.01. The molecule has 5 heteroatoms. The Kier molecular flexibility index (Phi) is 6.00. The Bertz CT molecular complexity index is 726. The second-order valence-electron chi connectivity index (χ2n) is 4.74. The number of anilines is 1. The molecule has 0 fully saturated rings. The van der Waals surface area contributed by atoms with Crippen LogP contribution in [0.25, 0.3) is 0 Å². The van der Waals surface area contributed by atoms with Gasteiger partial charge in [-0.2, -0.15) is 0 Å². The van der Waals surface area contributed by atoms with Crippen LogP contribution in [-0.2, 0) is 9.53 Å². The van der Waals surface area contributed by atoms with Gasteiger partial charge in [0.2, 0.25) is 5.91 Å². The lowest BCUT2D eigenvalue weighted by molar-refractivity contribution is -0.111. The van der Waals surface area contributed by atoms with Crippen LogP contribution in [0.1, 0.15) is 15.9 Å². The van der Waals surface area contributed by atoms with Crippen LogP contribution in [0.2, 0.25) is 0 Å². The number of rotatable bonds is 5. The number of benzene rings is 2. The molecule has 0 heterocycles. The average molecular weight is 327 g/mol. The van der Waals surface area contributed by atoms with E-state index < -0.39 is 5.97 Å². The number of amides is 1. The van der Waals surface area contributed by atoms with Gasteiger partial charge in [-0.15, -0.1) is 0 Å². The van der Waals surface area contributed by atoms with Crippen LogP contribution >= 0.6 is 11.8 Å². The molecule has 0 saturated carbocycles. The number of carbonyl (C=O) groups is 2. The van der Waals surface area contributed by atoms with E-state index >= 15 is 0 Å². The molecule has 1 amide bonds. The molecule has 1 N–H and O–H groups in total. The quantitative estimate of drug-likeness (QED) is 0.512. The van der Waals surface area contributed by atoms with Gasteiger partial charge in [-0.05, 0) is 42.2 Å². The molecule has 0 aliphatic carbocycles. The maximum atomic E-state index is 12.0. The summed E-state index contributed by atoms with van der Waals surface area (Å²) in [6, 6.07) is 14.8. The van der Waals surface area contributed by atoms with Gasteiger partial charge in [0.05, 0.1) is 12.7 Å². The van der Waals surface area contributed by atoms with Crippen molar-refractivity contribution in [3.63, 3.8) is 0 Å². The number of hydrogen-bond acceptors (Lipinski definition) is 4. The highest BCUT2D eigenvalue weighted by molar-refractivity contribution is 8.02. The van der Waals surface area contributed by atoms with Crippen molar-refractivity contribution in [2.75, 3.05) is 12.4 Å². The zero-order valence-electron chi connectivity index (χ0n) is 12.9. The number of aryl methyl sites for hydroxylation is 1. The van der Waals surface area contributed by atoms with Crippen molar-refractivity contribution in [3.05, 3.63) is 71.1 Å². The van der Waals surface area contributed by atoms with Gasteiger partial charge in [0.25, 0.3) is 0 Å². The van der Waals surface area contributed by atoms with Crippen molar-refractivity contribution < 1.29 is 14.3 Å². The summed E-state index contributed by atoms with van der Waals surface area (Å²) in [5.74, 6) is -0.686. The van der Waals surface area contributed by atoms with Crippen LogP contribution in [0.3, 0.4) is 0 Å². The normalized spacial score (nSPS) is 10.5. The summed E-state index contributed by atoms with van der Waals surface area (Å²) < 4.78 is 4.68. The fraction of sp³-hybridized carbons (Fsp3) is 0.111. The minimum Gasteiger partial charge on any atom is -0.465 e. The van der Waals surface area contributed by atoms with Crippen LogP contribution < -0.4 is 5.32 Å². The largest absolute Gasteiger partial charge is 0.465 e. The van der Waals surface area contributed by atoms with E-state index in [-0.39, 0.29) is 5.91 Å². The monoisotopic (exact) mass is 327 g/mol. The molecule has 0 atom stereocenters. The summed E-state index contributed by atoms with van der Waals surface area (Å²) in [5.41, 5.74) is 1.86. The van der Waals surface area contributed by atoms with Crippen LogP contribution in [0.4, 0.5) is 5.69 Å². The van der Waals surface area contributed by atoms with Gasteiger partial charge < -0.3 is 10.1 Å². The summed E-state index contributed by atoms with van der Waals surface area (Å²) in [4.78, 5) is 24.6. The van der Waals surface area contributed by atoms with Crippen LogP contribution in [0.5, 0.6) is 0 Å². The number of methoxy groups -OCH3 is 1. The molecule has 2 aromatic carbocycles. The first-order chi connectivity index (χ1) is 11.1. The number of thioether (sulfide) groups is 1. The fourth-order valence-electron chi connectivity index (χ4n) is 1.85. The highest BCUT2D eigenvalue weighted by Gasteiger charge is 2.09. The highest BCUT2D eigenvalue weighted by atomic mass is 32.2. The Morgan fingerprint density at radius 2 is 1.87 bits per heavy atom. The summed E-state index contributed by atoms with van der Waals surface area (Å²) in [6.45, 7) is 1.86. The van der Waals surface area contributed by atoms with Crippen molar-refractivity contribution in [1.82, 2.24) is 0 Å². The molecule has 0 radical (unpaired) electrons. The van der Waals surface area contributed by atoms with E-state index in [2.05, 4.69) is 10.1 Å². The maximum absolute atomic E-state index is 12.0. The van der Waals surface area contributed by atoms with Crippen molar-refractivity contribution in [2.45, 2.75) is 11.8 Å². The Morgan fingerprint density at radius 1 is 1.13 bits per heavy atom. The lowest BCUT2D eigenvalue weighted by atomic mass is 10.1. The summed E-state index contributed by atoms with van der Waals surface area (Å²) in [7, 11) is 1.32. The Labute approximate surface area is 139 Å². The third-order valence-corrected chi connectivity index (χ3v) is 3.90. The van der Waals surface area contributed by atoms with Gasteiger partial charge >= 0.3 is 5.97 Å². The molecule has 0 unspecified atom stereocenters. The Morgan fingerprint density at radius 3 is 2.57 bits per heavy atom. The van der Waals surface area contributed by atoms with Gasteiger partial charge in [-0.3, -0.25) is 4.79 Å². The van der Waals surface area contributed by atoms with Gasteiger partial charge in [0.15, 0.2) is 0 Å². The van der Waals surface area contributed by atoms with E-state index in [1.807, 2.05) is 37.3 Å². The first-order valence-corrected chi connectivity index (χ1v) is 7.86. The van der Waals surface area contributed by atoms with Gasteiger partial charge in [-0.1, -0.05) is 36.0 Å². The molecular formula is C18H17NO3S. The van der Waals surface area contributed by atoms with Gasteiger partial charge in [0.1, 0.15) is 0 Å². The molecule has 0 saturated heterocycles.